The highest BCUT2D eigenvalue weighted by molar-refractivity contribution is 7.92. The van der Waals surface area contributed by atoms with Crippen LogP contribution in [0.3, 0.4) is 0 Å². The number of pyridine rings is 1. The van der Waals surface area contributed by atoms with Gasteiger partial charge in [-0.3, -0.25) is 9.10 Å². The van der Waals surface area contributed by atoms with Crippen LogP contribution in [0.15, 0.2) is 107 Å². The number of fused-ring (bicyclic) bond motifs is 1. The lowest BCUT2D eigenvalue weighted by Crippen LogP contribution is -2.33. The predicted molar refractivity (Wildman–Crippen MR) is 171 cm³/mol. The molecule has 1 aromatic heterocycles. The molecule has 5 rings (SSSR count). The lowest BCUT2D eigenvalue weighted by atomic mass is 10.1. The van der Waals surface area contributed by atoms with E-state index >= 15 is 0 Å². The summed E-state index contributed by atoms with van der Waals surface area (Å²) < 4.78 is 34.4. The van der Waals surface area contributed by atoms with E-state index < -0.39 is 15.9 Å². The number of hydrazone groups is 1. The van der Waals surface area contributed by atoms with E-state index in [1.807, 2.05) is 13.0 Å². The fourth-order valence-corrected chi connectivity index (χ4v) is 6.15. The van der Waals surface area contributed by atoms with Gasteiger partial charge in [0.25, 0.3) is 15.9 Å². The summed E-state index contributed by atoms with van der Waals surface area (Å²) in [6, 6.07) is 27.0. The summed E-state index contributed by atoms with van der Waals surface area (Å²) in [5.41, 5.74) is 5.52. The molecule has 0 radical (unpaired) electrons. The molecule has 0 atom stereocenters. The standard InChI is InChI=1S/C32H26Cl2N4O4S/c1-21-7-15-27(16-8-21)43(40,41)38(20-22-9-12-25(33)13-10-22)30-6-4-3-5-28(30)32(39)37-35-19-24-17-23-11-14-26(42-2)18-29(23)36-31(24)34/h3-19H,20H2,1-2H3,(H,37,39)/b35-19-. The van der Waals surface area contributed by atoms with Crippen LogP contribution in [0.25, 0.3) is 10.9 Å². The zero-order chi connectivity index (χ0) is 30.6. The highest BCUT2D eigenvalue weighted by atomic mass is 35.5. The Morgan fingerprint density at radius 2 is 1.70 bits per heavy atom. The molecule has 0 aliphatic rings. The van der Waals surface area contributed by atoms with Gasteiger partial charge in [0, 0.05) is 22.0 Å². The summed E-state index contributed by atoms with van der Waals surface area (Å²) in [7, 11) is -2.51. The van der Waals surface area contributed by atoms with Gasteiger partial charge in [-0.05, 0) is 67.1 Å². The summed E-state index contributed by atoms with van der Waals surface area (Å²) in [5.74, 6) is 0.0413. The van der Waals surface area contributed by atoms with Gasteiger partial charge < -0.3 is 4.74 Å². The molecule has 11 heteroatoms. The number of aryl methyl sites for hydroxylation is 1. The van der Waals surface area contributed by atoms with Crippen molar-refractivity contribution in [2.45, 2.75) is 18.4 Å². The molecule has 8 nitrogen and oxygen atoms in total. The van der Waals surface area contributed by atoms with Crippen molar-refractivity contribution in [3.8, 4) is 5.75 Å². The number of nitrogens with one attached hydrogen (secondary N) is 1. The van der Waals surface area contributed by atoms with Gasteiger partial charge in [-0.25, -0.2) is 18.8 Å². The molecule has 0 aliphatic heterocycles. The number of nitrogens with zero attached hydrogens (tertiary/aromatic N) is 3. The van der Waals surface area contributed by atoms with E-state index in [9.17, 15) is 13.2 Å². The van der Waals surface area contributed by atoms with Crippen molar-refractivity contribution in [1.82, 2.24) is 10.4 Å². The molecule has 0 bridgehead atoms. The summed E-state index contributed by atoms with van der Waals surface area (Å²) in [4.78, 5) is 17.9. The van der Waals surface area contributed by atoms with Crippen molar-refractivity contribution in [3.05, 3.63) is 129 Å². The predicted octanol–water partition coefficient (Wildman–Crippen LogP) is 7.02. The topological polar surface area (TPSA) is 101 Å². The van der Waals surface area contributed by atoms with E-state index in [0.29, 0.717) is 27.4 Å². The Kier molecular flexibility index (Phi) is 8.96. The first-order valence-electron chi connectivity index (χ1n) is 13.1. The maximum Gasteiger partial charge on any atom is 0.273 e. The Morgan fingerprint density at radius 1 is 0.977 bits per heavy atom. The Morgan fingerprint density at radius 3 is 2.42 bits per heavy atom. The molecule has 5 aromatic rings. The van der Waals surface area contributed by atoms with Gasteiger partial charge in [0.2, 0.25) is 0 Å². The Labute approximate surface area is 259 Å². The van der Waals surface area contributed by atoms with Gasteiger partial charge >= 0.3 is 0 Å². The van der Waals surface area contributed by atoms with Crippen LogP contribution in [0.5, 0.6) is 5.75 Å². The van der Waals surface area contributed by atoms with E-state index in [0.717, 1.165) is 10.9 Å². The molecule has 0 spiro atoms. The van der Waals surface area contributed by atoms with Crippen LogP contribution in [0.1, 0.15) is 27.0 Å². The smallest absolute Gasteiger partial charge is 0.273 e. The molecule has 0 fully saturated rings. The molecule has 0 aliphatic carbocycles. The minimum absolute atomic E-state index is 0.0376. The Hall–Kier alpha value is -4.44. The van der Waals surface area contributed by atoms with Crippen LogP contribution >= 0.6 is 23.2 Å². The number of rotatable bonds is 9. The van der Waals surface area contributed by atoms with E-state index in [4.69, 9.17) is 27.9 Å². The Balaban J connectivity index is 1.47. The third-order valence-electron chi connectivity index (χ3n) is 6.64. The SMILES string of the molecule is COc1ccc2cc(/C=N\NC(=O)c3ccccc3N(Cc3ccc(Cl)cc3)S(=O)(=O)c3ccc(C)cc3)c(Cl)nc2c1. The maximum atomic E-state index is 14.0. The lowest BCUT2D eigenvalue weighted by Gasteiger charge is -2.26. The fraction of sp³-hybridized carbons (Fsp3) is 0.0938. The number of hydrogen-bond acceptors (Lipinski definition) is 6. The monoisotopic (exact) mass is 632 g/mol. The zero-order valence-corrected chi connectivity index (χ0v) is 25.5. The molecule has 0 unspecified atom stereocenters. The number of para-hydroxylation sites is 1. The first-order valence-corrected chi connectivity index (χ1v) is 15.3. The third-order valence-corrected chi connectivity index (χ3v) is 8.97. The molecular formula is C32H26Cl2N4O4S. The normalized spacial score (nSPS) is 11.5. The molecule has 1 heterocycles. The minimum atomic E-state index is -4.08. The summed E-state index contributed by atoms with van der Waals surface area (Å²) >= 11 is 12.4. The van der Waals surface area contributed by atoms with E-state index in [2.05, 4.69) is 15.5 Å². The second-order valence-electron chi connectivity index (χ2n) is 9.59. The summed E-state index contributed by atoms with van der Waals surface area (Å²) in [5, 5.41) is 5.61. The van der Waals surface area contributed by atoms with Gasteiger partial charge in [-0.2, -0.15) is 5.10 Å². The van der Waals surface area contributed by atoms with Crippen LogP contribution in [-0.2, 0) is 16.6 Å². The van der Waals surface area contributed by atoms with Gasteiger partial charge in [0.05, 0.1) is 41.5 Å². The maximum absolute atomic E-state index is 14.0. The first-order chi connectivity index (χ1) is 20.7. The van der Waals surface area contributed by atoms with Crippen molar-refractivity contribution >= 4 is 61.9 Å². The molecule has 1 N–H and O–H groups in total. The number of anilines is 1. The van der Waals surface area contributed by atoms with Crippen molar-refractivity contribution < 1.29 is 17.9 Å². The first kappa shape index (κ1) is 30.0. The van der Waals surface area contributed by atoms with Gasteiger partial charge in [-0.15, -0.1) is 0 Å². The van der Waals surface area contributed by atoms with Crippen LogP contribution in [0, 0.1) is 6.92 Å². The van der Waals surface area contributed by atoms with Crippen molar-refractivity contribution in [1.29, 1.82) is 0 Å². The number of sulfonamides is 1. The van der Waals surface area contributed by atoms with Crippen LogP contribution < -0.4 is 14.5 Å². The van der Waals surface area contributed by atoms with Crippen molar-refractivity contribution in [2.24, 2.45) is 5.10 Å². The quantitative estimate of drug-likeness (QED) is 0.107. The second-order valence-corrected chi connectivity index (χ2v) is 12.3. The van der Waals surface area contributed by atoms with Gasteiger partial charge in [0.1, 0.15) is 10.9 Å². The number of carbonyl (C=O) groups excluding carboxylic acids is 1. The lowest BCUT2D eigenvalue weighted by molar-refractivity contribution is 0.0955. The molecule has 0 saturated carbocycles. The van der Waals surface area contributed by atoms with E-state index in [1.165, 1.54) is 16.6 Å². The molecule has 4 aromatic carbocycles. The third kappa shape index (κ3) is 6.80. The average Bonchev–Trinajstić information content (AvgIpc) is 3.00. The van der Waals surface area contributed by atoms with E-state index in [1.54, 1.807) is 92.0 Å². The number of aromatic nitrogens is 1. The Bertz CT molecular complexity index is 1930. The number of methoxy groups -OCH3 is 1. The number of halogens is 2. The zero-order valence-electron chi connectivity index (χ0n) is 23.2. The van der Waals surface area contributed by atoms with Crippen molar-refractivity contribution in [2.75, 3.05) is 11.4 Å². The highest BCUT2D eigenvalue weighted by Crippen LogP contribution is 2.30. The van der Waals surface area contributed by atoms with Crippen LogP contribution in [-0.4, -0.2) is 32.6 Å². The van der Waals surface area contributed by atoms with E-state index in [-0.39, 0.29) is 27.8 Å². The van der Waals surface area contributed by atoms with Gasteiger partial charge in [-0.1, -0.05) is 65.2 Å². The number of amides is 1. The fourth-order valence-electron chi connectivity index (χ4n) is 4.35. The average molecular weight is 634 g/mol. The number of hydrogen-bond donors (Lipinski definition) is 1. The molecule has 0 saturated heterocycles. The second kappa shape index (κ2) is 12.8. The minimum Gasteiger partial charge on any atom is -0.497 e. The molecular weight excluding hydrogens is 607 g/mol. The summed E-state index contributed by atoms with van der Waals surface area (Å²) in [6.45, 7) is 1.84. The van der Waals surface area contributed by atoms with Crippen LogP contribution in [0.2, 0.25) is 10.2 Å². The van der Waals surface area contributed by atoms with Crippen molar-refractivity contribution in [3.63, 3.8) is 0 Å². The summed E-state index contributed by atoms with van der Waals surface area (Å²) in [6.07, 6.45) is 1.38. The van der Waals surface area contributed by atoms with Crippen LogP contribution in [0.4, 0.5) is 5.69 Å². The molecule has 43 heavy (non-hydrogen) atoms. The molecule has 218 valence electrons. The van der Waals surface area contributed by atoms with Gasteiger partial charge in [0.15, 0.2) is 0 Å². The molecule has 1 amide bonds. The number of carbonyl (C=O) groups is 1. The number of ether oxygens (including phenoxy) is 1. The largest absolute Gasteiger partial charge is 0.497 e. The number of benzene rings is 4. The highest BCUT2D eigenvalue weighted by Gasteiger charge is 2.28.